The molecule has 1 heterocycles. The Morgan fingerprint density at radius 3 is 2.88 bits per heavy atom. The third kappa shape index (κ3) is 2.25. The quantitative estimate of drug-likeness (QED) is 0.644. The van der Waals surface area contributed by atoms with Crippen molar-refractivity contribution in [2.45, 2.75) is 13.5 Å². The molecule has 17 heavy (non-hydrogen) atoms. The minimum atomic E-state index is -0.415. The zero-order valence-corrected chi connectivity index (χ0v) is 9.33. The maximum absolute atomic E-state index is 10.6. The summed E-state index contributed by atoms with van der Waals surface area (Å²) in [6, 6.07) is 6.45. The molecule has 0 unspecified atom stereocenters. The zero-order valence-electron chi connectivity index (χ0n) is 9.33. The molecule has 0 saturated heterocycles. The van der Waals surface area contributed by atoms with Gasteiger partial charge in [-0.15, -0.1) is 0 Å². The molecular formula is C11H12N4O2. The van der Waals surface area contributed by atoms with Gasteiger partial charge in [-0.2, -0.15) is 5.10 Å². The van der Waals surface area contributed by atoms with Crippen molar-refractivity contribution in [3.63, 3.8) is 0 Å². The fourth-order valence-corrected chi connectivity index (χ4v) is 1.56. The predicted octanol–water partition coefficient (Wildman–Crippen LogP) is 1.73. The molecule has 6 heteroatoms. The van der Waals surface area contributed by atoms with Crippen LogP contribution in [0.2, 0.25) is 0 Å². The van der Waals surface area contributed by atoms with Gasteiger partial charge in [0.25, 0.3) is 5.69 Å². The molecular weight excluding hydrogens is 220 g/mol. The summed E-state index contributed by atoms with van der Waals surface area (Å²) < 4.78 is 1.62. The third-order valence-electron chi connectivity index (χ3n) is 2.53. The van der Waals surface area contributed by atoms with E-state index in [2.05, 4.69) is 5.10 Å². The summed E-state index contributed by atoms with van der Waals surface area (Å²) >= 11 is 0. The summed E-state index contributed by atoms with van der Waals surface area (Å²) in [6.07, 6.45) is 1.67. The molecule has 2 aromatic rings. The van der Waals surface area contributed by atoms with Crippen LogP contribution in [0.4, 0.5) is 11.5 Å². The van der Waals surface area contributed by atoms with E-state index in [1.165, 1.54) is 12.1 Å². The molecule has 0 aliphatic carbocycles. The second-order valence-corrected chi connectivity index (χ2v) is 3.80. The van der Waals surface area contributed by atoms with Crippen LogP contribution < -0.4 is 5.73 Å². The van der Waals surface area contributed by atoms with Crippen LogP contribution in [-0.4, -0.2) is 14.7 Å². The molecule has 0 spiro atoms. The van der Waals surface area contributed by atoms with Crippen LogP contribution in [0, 0.1) is 17.0 Å². The van der Waals surface area contributed by atoms with Gasteiger partial charge in [-0.3, -0.25) is 10.1 Å². The third-order valence-corrected chi connectivity index (χ3v) is 2.53. The second kappa shape index (κ2) is 4.25. The normalized spacial score (nSPS) is 10.4. The number of rotatable bonds is 3. The Morgan fingerprint density at radius 1 is 1.53 bits per heavy atom. The molecule has 2 rings (SSSR count). The summed E-state index contributed by atoms with van der Waals surface area (Å²) in [5.41, 5.74) is 7.59. The molecule has 1 aromatic carbocycles. The number of aryl methyl sites for hydroxylation is 1. The van der Waals surface area contributed by atoms with Gasteiger partial charge < -0.3 is 5.73 Å². The minimum absolute atomic E-state index is 0.0740. The van der Waals surface area contributed by atoms with Crippen molar-refractivity contribution >= 4 is 11.5 Å². The predicted molar refractivity (Wildman–Crippen MR) is 63.6 cm³/mol. The largest absolute Gasteiger partial charge is 0.384 e. The first-order valence-corrected chi connectivity index (χ1v) is 5.09. The molecule has 0 aliphatic rings. The highest BCUT2D eigenvalue weighted by atomic mass is 16.6. The number of nitro groups is 1. The Labute approximate surface area is 97.8 Å². The van der Waals surface area contributed by atoms with E-state index in [1.54, 1.807) is 16.9 Å². The molecule has 1 aromatic heterocycles. The standard InChI is InChI=1S/C11H12N4O2/c1-8-6-13-14(11(8)12)7-9-3-2-4-10(5-9)15(16)17/h2-6H,7,12H2,1H3. The van der Waals surface area contributed by atoms with Crippen LogP contribution >= 0.6 is 0 Å². The van der Waals surface area contributed by atoms with E-state index in [4.69, 9.17) is 5.73 Å². The van der Waals surface area contributed by atoms with Crippen molar-refractivity contribution in [1.29, 1.82) is 0 Å². The maximum atomic E-state index is 10.6. The highest BCUT2D eigenvalue weighted by Gasteiger charge is 2.08. The lowest BCUT2D eigenvalue weighted by Crippen LogP contribution is -2.06. The van der Waals surface area contributed by atoms with Gasteiger partial charge in [0.05, 0.1) is 17.7 Å². The molecule has 0 aliphatic heterocycles. The Morgan fingerprint density at radius 2 is 2.29 bits per heavy atom. The molecule has 0 fully saturated rings. The van der Waals surface area contributed by atoms with Crippen LogP contribution in [0.5, 0.6) is 0 Å². The lowest BCUT2D eigenvalue weighted by molar-refractivity contribution is -0.384. The fourth-order valence-electron chi connectivity index (χ4n) is 1.56. The van der Waals surface area contributed by atoms with Gasteiger partial charge in [0.15, 0.2) is 0 Å². The van der Waals surface area contributed by atoms with Crippen molar-refractivity contribution in [3.8, 4) is 0 Å². The van der Waals surface area contributed by atoms with Crippen LogP contribution in [0.1, 0.15) is 11.1 Å². The first-order chi connectivity index (χ1) is 8.08. The van der Waals surface area contributed by atoms with Crippen molar-refractivity contribution in [2.24, 2.45) is 0 Å². The molecule has 0 bridgehead atoms. The fraction of sp³-hybridized carbons (Fsp3) is 0.182. The molecule has 0 amide bonds. The number of non-ortho nitro benzene ring substituents is 1. The van der Waals surface area contributed by atoms with E-state index in [1.807, 2.05) is 13.0 Å². The van der Waals surface area contributed by atoms with Crippen molar-refractivity contribution in [1.82, 2.24) is 9.78 Å². The molecule has 0 atom stereocenters. The molecule has 0 radical (unpaired) electrons. The van der Waals surface area contributed by atoms with Gasteiger partial charge in [0, 0.05) is 17.7 Å². The van der Waals surface area contributed by atoms with E-state index < -0.39 is 4.92 Å². The van der Waals surface area contributed by atoms with Gasteiger partial charge in [-0.25, -0.2) is 4.68 Å². The van der Waals surface area contributed by atoms with Gasteiger partial charge in [0.2, 0.25) is 0 Å². The van der Waals surface area contributed by atoms with Crippen LogP contribution in [0.3, 0.4) is 0 Å². The number of benzene rings is 1. The monoisotopic (exact) mass is 232 g/mol. The van der Waals surface area contributed by atoms with E-state index in [-0.39, 0.29) is 5.69 Å². The lowest BCUT2D eigenvalue weighted by atomic mass is 10.2. The highest BCUT2D eigenvalue weighted by Crippen LogP contribution is 2.16. The smallest absolute Gasteiger partial charge is 0.269 e. The van der Waals surface area contributed by atoms with Gasteiger partial charge in [-0.1, -0.05) is 12.1 Å². The number of nitrogen functional groups attached to an aromatic ring is 1. The number of anilines is 1. The number of hydrogen-bond donors (Lipinski definition) is 1. The minimum Gasteiger partial charge on any atom is -0.384 e. The average molecular weight is 232 g/mol. The Kier molecular flexibility index (Phi) is 2.78. The van der Waals surface area contributed by atoms with E-state index >= 15 is 0 Å². The first kappa shape index (κ1) is 11.1. The lowest BCUT2D eigenvalue weighted by Gasteiger charge is -2.04. The van der Waals surface area contributed by atoms with Crippen molar-refractivity contribution in [2.75, 3.05) is 5.73 Å². The topological polar surface area (TPSA) is 87.0 Å². The Bertz CT molecular complexity index is 562. The van der Waals surface area contributed by atoms with Crippen LogP contribution in [0.25, 0.3) is 0 Å². The van der Waals surface area contributed by atoms with Gasteiger partial charge in [-0.05, 0) is 12.5 Å². The summed E-state index contributed by atoms with van der Waals surface area (Å²) in [6.45, 7) is 2.30. The zero-order chi connectivity index (χ0) is 12.4. The van der Waals surface area contributed by atoms with Crippen LogP contribution in [0.15, 0.2) is 30.5 Å². The second-order valence-electron chi connectivity index (χ2n) is 3.80. The summed E-state index contributed by atoms with van der Waals surface area (Å²) in [7, 11) is 0. The Hall–Kier alpha value is -2.37. The average Bonchev–Trinajstić information content (AvgIpc) is 2.61. The Balaban J connectivity index is 2.27. The van der Waals surface area contributed by atoms with Gasteiger partial charge in [0.1, 0.15) is 5.82 Å². The van der Waals surface area contributed by atoms with E-state index in [0.717, 1.165) is 11.1 Å². The highest BCUT2D eigenvalue weighted by molar-refractivity contribution is 5.39. The van der Waals surface area contributed by atoms with E-state index in [0.29, 0.717) is 12.4 Å². The SMILES string of the molecule is Cc1cnn(Cc2cccc([N+](=O)[O-])c2)c1N. The first-order valence-electron chi connectivity index (χ1n) is 5.09. The number of hydrogen-bond acceptors (Lipinski definition) is 4. The maximum Gasteiger partial charge on any atom is 0.269 e. The summed E-state index contributed by atoms with van der Waals surface area (Å²) in [5.74, 6) is 0.580. The number of aromatic nitrogens is 2. The van der Waals surface area contributed by atoms with Crippen molar-refractivity contribution < 1.29 is 4.92 Å². The summed E-state index contributed by atoms with van der Waals surface area (Å²) in [5, 5.41) is 14.7. The molecule has 6 nitrogen and oxygen atoms in total. The number of nitrogens with two attached hydrogens (primary N) is 1. The molecule has 88 valence electrons. The number of nitrogens with zero attached hydrogens (tertiary/aromatic N) is 3. The van der Waals surface area contributed by atoms with Gasteiger partial charge >= 0.3 is 0 Å². The van der Waals surface area contributed by atoms with E-state index in [9.17, 15) is 10.1 Å². The molecule has 0 saturated carbocycles. The summed E-state index contributed by atoms with van der Waals surface area (Å²) in [4.78, 5) is 10.2. The van der Waals surface area contributed by atoms with Crippen molar-refractivity contribution in [3.05, 3.63) is 51.7 Å². The number of nitro benzene ring substituents is 1. The van der Waals surface area contributed by atoms with Crippen LogP contribution in [-0.2, 0) is 6.54 Å². The molecule has 2 N–H and O–H groups in total.